The Kier molecular flexibility index (Phi) is 15.3. The van der Waals surface area contributed by atoms with Gasteiger partial charge in [-0.05, 0) is 151 Å². The van der Waals surface area contributed by atoms with Gasteiger partial charge in [0.25, 0.3) is 11.5 Å². The van der Waals surface area contributed by atoms with Crippen LogP contribution < -0.4 is 25.8 Å². The molecule has 2 aliphatic rings. The highest BCUT2D eigenvalue weighted by molar-refractivity contribution is 7.15. The highest BCUT2D eigenvalue weighted by atomic mass is 35.5. The minimum atomic E-state index is -0.523. The summed E-state index contributed by atoms with van der Waals surface area (Å²) in [5.74, 6) is 1.85. The second kappa shape index (κ2) is 21.5. The van der Waals surface area contributed by atoms with Gasteiger partial charge in [-0.25, -0.2) is 0 Å². The monoisotopic (exact) mass is 956 g/mol. The number of rotatable bonds is 17. The van der Waals surface area contributed by atoms with E-state index in [1.165, 1.54) is 4.88 Å². The normalized spacial score (nSPS) is 14.7. The Morgan fingerprint density at radius 1 is 0.897 bits per heavy atom. The molecule has 15 heteroatoms. The summed E-state index contributed by atoms with van der Waals surface area (Å²) in [6.45, 7) is 17.5. The van der Waals surface area contributed by atoms with E-state index in [4.69, 9.17) is 26.1 Å². The molecular formula is C53H61ClN8O5S. The van der Waals surface area contributed by atoms with Crippen molar-refractivity contribution in [3.8, 4) is 21.9 Å². The molecule has 3 aromatic carbocycles. The number of aliphatic imine (C=N–C) groups is 1. The van der Waals surface area contributed by atoms with E-state index >= 15 is 0 Å². The van der Waals surface area contributed by atoms with E-state index in [0.29, 0.717) is 54.4 Å². The number of aromatic nitrogens is 4. The van der Waals surface area contributed by atoms with Crippen LogP contribution in [0.4, 0.5) is 5.69 Å². The molecule has 8 rings (SSSR count). The smallest absolute Gasteiger partial charge is 0.253 e. The summed E-state index contributed by atoms with van der Waals surface area (Å²) in [7, 11) is 0. The molecule has 1 atom stereocenters. The first-order chi connectivity index (χ1) is 32.8. The lowest BCUT2D eigenvalue weighted by Crippen LogP contribution is -2.40. The number of nitrogens with zero attached hydrogens (tertiary/aromatic N) is 5. The number of aromatic amines is 1. The molecule has 3 aromatic heterocycles. The van der Waals surface area contributed by atoms with Crippen molar-refractivity contribution in [2.75, 3.05) is 37.8 Å². The van der Waals surface area contributed by atoms with Crippen molar-refractivity contribution in [1.29, 1.82) is 0 Å². The van der Waals surface area contributed by atoms with Crippen molar-refractivity contribution in [2.45, 2.75) is 106 Å². The Balaban J connectivity index is 0.876. The van der Waals surface area contributed by atoms with Crippen LogP contribution in [0.15, 0.2) is 76.5 Å². The summed E-state index contributed by atoms with van der Waals surface area (Å²) in [6, 6.07) is 21.5. The molecule has 2 amide bonds. The maximum Gasteiger partial charge on any atom is 0.253 e. The van der Waals surface area contributed by atoms with Crippen LogP contribution in [-0.4, -0.2) is 76.2 Å². The number of ether oxygens (including phenoxy) is 2. The van der Waals surface area contributed by atoms with Gasteiger partial charge in [-0.1, -0.05) is 35.9 Å². The van der Waals surface area contributed by atoms with Crippen LogP contribution in [0.2, 0.25) is 5.02 Å². The van der Waals surface area contributed by atoms with Crippen molar-refractivity contribution in [1.82, 2.24) is 30.4 Å². The number of halogens is 1. The maximum atomic E-state index is 14.0. The maximum absolute atomic E-state index is 14.0. The number of carbonyl (C=O) groups is 2. The number of anilines is 1. The summed E-state index contributed by atoms with van der Waals surface area (Å²) >= 11 is 7.95. The van der Waals surface area contributed by atoms with E-state index in [1.54, 1.807) is 11.3 Å². The van der Waals surface area contributed by atoms with Crippen molar-refractivity contribution < 1.29 is 19.1 Å². The molecule has 2 aliphatic heterocycles. The van der Waals surface area contributed by atoms with Crippen molar-refractivity contribution in [3.63, 3.8) is 0 Å². The zero-order valence-corrected chi connectivity index (χ0v) is 41.6. The molecule has 0 aliphatic carbocycles. The van der Waals surface area contributed by atoms with E-state index in [2.05, 4.69) is 62.1 Å². The number of H-pyrrole nitrogens is 1. The molecule has 5 heterocycles. The molecule has 0 saturated carbocycles. The van der Waals surface area contributed by atoms with Crippen LogP contribution >= 0.6 is 22.9 Å². The van der Waals surface area contributed by atoms with E-state index in [0.717, 1.165) is 111 Å². The summed E-state index contributed by atoms with van der Waals surface area (Å²) in [4.78, 5) is 51.9. The molecule has 0 spiro atoms. The quantitative estimate of drug-likeness (QED) is 0.0764. The van der Waals surface area contributed by atoms with Crippen molar-refractivity contribution in [2.24, 2.45) is 4.99 Å². The first kappa shape index (κ1) is 48.4. The van der Waals surface area contributed by atoms with E-state index in [9.17, 15) is 14.4 Å². The fourth-order valence-corrected chi connectivity index (χ4v) is 10.7. The van der Waals surface area contributed by atoms with Crippen LogP contribution in [0.1, 0.15) is 117 Å². The number of unbranched alkanes of at least 4 members (excludes halogenated alkanes) is 2. The first-order valence-electron chi connectivity index (χ1n) is 23.6. The average molecular weight is 958 g/mol. The number of nitrogens with one attached hydrogen (secondary N) is 3. The molecule has 0 radical (unpaired) electrons. The largest absolute Gasteiger partial charge is 0.494 e. The second-order valence-electron chi connectivity index (χ2n) is 17.8. The highest BCUT2D eigenvalue weighted by Gasteiger charge is 2.33. The van der Waals surface area contributed by atoms with Crippen LogP contribution in [-0.2, 0) is 16.1 Å². The van der Waals surface area contributed by atoms with Crippen LogP contribution in [0.5, 0.6) is 5.75 Å². The van der Waals surface area contributed by atoms with E-state index in [-0.39, 0.29) is 30.3 Å². The topological polar surface area (TPSA) is 156 Å². The van der Waals surface area contributed by atoms with Crippen molar-refractivity contribution >= 4 is 46.2 Å². The Labute approximate surface area is 407 Å². The zero-order valence-electron chi connectivity index (χ0n) is 40.1. The number of carbonyl (C=O) groups excluding carboxylic acids is 2. The van der Waals surface area contributed by atoms with Crippen LogP contribution in [0, 0.1) is 41.5 Å². The molecule has 13 nitrogen and oxygen atoms in total. The Morgan fingerprint density at radius 2 is 1.63 bits per heavy atom. The van der Waals surface area contributed by atoms with Gasteiger partial charge in [0, 0.05) is 82.4 Å². The Hall–Kier alpha value is -6.09. The molecule has 6 aromatic rings. The number of pyridine rings is 1. The van der Waals surface area contributed by atoms with Gasteiger partial charge in [-0.3, -0.25) is 23.9 Å². The number of hydrogen-bond donors (Lipinski definition) is 3. The predicted molar refractivity (Wildman–Crippen MR) is 271 cm³/mol. The number of thiophene rings is 1. The van der Waals surface area contributed by atoms with Gasteiger partial charge >= 0.3 is 0 Å². The third-order valence-corrected chi connectivity index (χ3v) is 14.6. The van der Waals surface area contributed by atoms with Crippen LogP contribution in [0.3, 0.4) is 0 Å². The minimum Gasteiger partial charge on any atom is -0.494 e. The average Bonchev–Trinajstić information content (AvgIpc) is 3.81. The lowest BCUT2D eigenvalue weighted by Gasteiger charge is -2.37. The zero-order chi connectivity index (χ0) is 48.1. The fraction of sp³-hybridized carbons (Fsp3) is 0.396. The molecular weight excluding hydrogens is 896 g/mol. The van der Waals surface area contributed by atoms with Crippen molar-refractivity contribution in [3.05, 3.63) is 143 Å². The number of fused-ring (bicyclic) bond motifs is 3. The summed E-state index contributed by atoms with van der Waals surface area (Å²) in [5.41, 5.74) is 10.3. The molecule has 1 saturated heterocycles. The van der Waals surface area contributed by atoms with Gasteiger partial charge in [0.2, 0.25) is 5.91 Å². The third-order valence-electron chi connectivity index (χ3n) is 13.2. The molecule has 356 valence electrons. The minimum absolute atomic E-state index is 0.0933. The Bertz CT molecular complexity index is 2880. The second-order valence-corrected chi connectivity index (χ2v) is 19.5. The Morgan fingerprint density at radius 3 is 2.35 bits per heavy atom. The van der Waals surface area contributed by atoms with Gasteiger partial charge in [0.15, 0.2) is 5.82 Å². The summed E-state index contributed by atoms with van der Waals surface area (Å²) < 4.78 is 13.9. The highest BCUT2D eigenvalue weighted by Crippen LogP contribution is 2.40. The first-order valence-corrected chi connectivity index (χ1v) is 24.8. The fourth-order valence-electron chi connectivity index (χ4n) is 9.33. The van der Waals surface area contributed by atoms with Gasteiger partial charge in [-0.15, -0.1) is 21.5 Å². The number of aryl methyl sites for hydroxylation is 4. The SMILES string of the molecule is CCN(c1cc(-c2ccc(OCCCCCNC(=O)CC3N=C(c4ccc(Cl)cc4)c4c(sc(C)c4C)-n4c(C)nnc43)cc2)cc(C(=O)NCc2c(C)cc(C)[nH]c2=O)c1C)C1CCOCC1. The molecule has 3 N–H and O–H groups in total. The van der Waals surface area contributed by atoms with Gasteiger partial charge in [0.1, 0.15) is 22.6 Å². The lowest BCUT2D eigenvalue weighted by atomic mass is 9.95. The number of hydrogen-bond acceptors (Lipinski definition) is 10. The summed E-state index contributed by atoms with van der Waals surface area (Å²) in [6.07, 6.45) is 4.48. The van der Waals surface area contributed by atoms with E-state index < -0.39 is 6.04 Å². The summed E-state index contributed by atoms with van der Waals surface area (Å²) in [5, 5.41) is 16.8. The van der Waals surface area contributed by atoms with Gasteiger partial charge in [0.05, 0.1) is 18.7 Å². The van der Waals surface area contributed by atoms with Gasteiger partial charge < -0.3 is 30.0 Å². The molecule has 1 fully saturated rings. The molecule has 0 bridgehead atoms. The number of amides is 2. The molecule has 1 unspecified atom stereocenters. The van der Waals surface area contributed by atoms with E-state index in [1.807, 2.05) is 88.4 Å². The third kappa shape index (κ3) is 10.6. The van der Waals surface area contributed by atoms with Gasteiger partial charge in [-0.2, -0.15) is 0 Å². The number of benzene rings is 3. The standard InChI is InChI=1S/C53H61ClN8O5S/c1-8-61(41-20-24-66-25-21-41)46-28-39(27-43(34(46)5)51(64)56-30-44-31(2)26-32(3)57-52(44)65)37-14-18-42(19-15-37)67-23-11-9-10-22-55-47(63)29-45-50-60-59-36(7)62(50)53-48(33(4)35(6)68-53)49(58-45)38-12-16-40(54)17-13-38/h12-19,26-28,41,45H,8-11,20-25,29-30H2,1-7H3,(H,55,63)(H,56,64)(H,57,65). The lowest BCUT2D eigenvalue weighted by molar-refractivity contribution is -0.121. The van der Waals surface area contributed by atoms with Crippen LogP contribution in [0.25, 0.3) is 16.1 Å². The predicted octanol–water partition coefficient (Wildman–Crippen LogP) is 9.77. The molecule has 68 heavy (non-hydrogen) atoms.